The first kappa shape index (κ1) is 31.0. The Morgan fingerprint density at radius 3 is 2.07 bits per heavy atom. The van der Waals surface area contributed by atoms with Crippen LogP contribution in [0.25, 0.3) is 10.3 Å². The van der Waals surface area contributed by atoms with Crippen molar-refractivity contribution in [2.24, 2.45) is 11.8 Å². The summed E-state index contributed by atoms with van der Waals surface area (Å²) in [5, 5.41) is 14.9. The van der Waals surface area contributed by atoms with Crippen LogP contribution in [0, 0.1) is 18.8 Å². The lowest BCUT2D eigenvalue weighted by molar-refractivity contribution is -0.0719. The van der Waals surface area contributed by atoms with Crippen molar-refractivity contribution >= 4 is 27.6 Å². The van der Waals surface area contributed by atoms with E-state index in [-0.39, 0.29) is 22.8 Å². The van der Waals surface area contributed by atoms with Crippen LogP contribution in [-0.2, 0) is 10.3 Å². The molecule has 6 rings (SSSR count). The van der Waals surface area contributed by atoms with E-state index in [4.69, 9.17) is 19.4 Å². The van der Waals surface area contributed by atoms with E-state index in [1.165, 1.54) is 0 Å². The van der Waals surface area contributed by atoms with E-state index < -0.39 is 17.4 Å². The van der Waals surface area contributed by atoms with Gasteiger partial charge in [0.05, 0.1) is 29.2 Å². The summed E-state index contributed by atoms with van der Waals surface area (Å²) in [7, 11) is 1.65. The van der Waals surface area contributed by atoms with Crippen molar-refractivity contribution in [3.63, 3.8) is 0 Å². The van der Waals surface area contributed by atoms with Crippen LogP contribution in [0.3, 0.4) is 0 Å². The van der Waals surface area contributed by atoms with Gasteiger partial charge < -0.3 is 19.9 Å². The Hall–Kier alpha value is -4.05. The van der Waals surface area contributed by atoms with Gasteiger partial charge in [-0.1, -0.05) is 98.0 Å². The molecule has 2 N–H and O–H groups in total. The smallest absolute Gasteiger partial charge is 0.311 e. The molecular formula is C36H40N4O4S. The summed E-state index contributed by atoms with van der Waals surface area (Å²) in [4.78, 5) is 23.4. The molecule has 3 heterocycles. The molecule has 1 fully saturated rings. The lowest BCUT2D eigenvalue weighted by Crippen LogP contribution is -2.39. The van der Waals surface area contributed by atoms with Crippen LogP contribution in [-0.4, -0.2) is 38.5 Å². The van der Waals surface area contributed by atoms with Gasteiger partial charge in [0, 0.05) is 5.92 Å². The highest BCUT2D eigenvalue weighted by atomic mass is 32.1. The number of fused-ring (bicyclic) bond motifs is 1. The number of ether oxygens (including phenoxy) is 2. The van der Waals surface area contributed by atoms with Crippen LogP contribution in [0.4, 0.5) is 5.95 Å². The number of rotatable bonds is 9. The third-order valence-electron chi connectivity index (χ3n) is 8.92. The summed E-state index contributed by atoms with van der Waals surface area (Å²) < 4.78 is 14.3. The first-order valence-corrected chi connectivity index (χ1v) is 16.2. The van der Waals surface area contributed by atoms with Gasteiger partial charge in [-0.05, 0) is 61.9 Å². The zero-order valence-corrected chi connectivity index (χ0v) is 27.3. The van der Waals surface area contributed by atoms with Crippen LogP contribution in [0.5, 0.6) is 5.75 Å². The van der Waals surface area contributed by atoms with Crippen molar-refractivity contribution in [3.05, 3.63) is 117 Å². The first-order chi connectivity index (χ1) is 21.5. The summed E-state index contributed by atoms with van der Waals surface area (Å²) >= 11 is 1.11. The van der Waals surface area contributed by atoms with Crippen molar-refractivity contribution < 1.29 is 14.6 Å². The first-order valence-electron chi connectivity index (χ1n) is 15.3. The Morgan fingerprint density at radius 1 is 0.956 bits per heavy atom. The number of aliphatic hydroxyl groups is 1. The maximum absolute atomic E-state index is 13.7. The number of methoxy groups -OCH3 is 1. The number of nitrogens with zero attached hydrogens (tertiary/aromatic N) is 3. The van der Waals surface area contributed by atoms with Crippen LogP contribution in [0.15, 0.2) is 89.7 Å². The Balaban J connectivity index is 1.56. The summed E-state index contributed by atoms with van der Waals surface area (Å²) in [6, 6.07) is 28.4. The van der Waals surface area contributed by atoms with Crippen molar-refractivity contribution in [2.75, 3.05) is 12.4 Å². The number of aromatic nitrogens is 3. The maximum atomic E-state index is 13.7. The molecule has 9 heteroatoms. The highest BCUT2D eigenvalue weighted by Crippen LogP contribution is 2.45. The average molecular weight is 625 g/mol. The molecule has 0 spiro atoms. The molecule has 2 unspecified atom stereocenters. The van der Waals surface area contributed by atoms with Gasteiger partial charge in [0.15, 0.2) is 5.65 Å². The molecular weight excluding hydrogens is 584 g/mol. The quantitative estimate of drug-likeness (QED) is 0.172. The fourth-order valence-electron chi connectivity index (χ4n) is 6.44. The molecule has 45 heavy (non-hydrogen) atoms. The van der Waals surface area contributed by atoms with Gasteiger partial charge in [-0.3, -0.25) is 9.36 Å². The van der Waals surface area contributed by atoms with Gasteiger partial charge in [-0.15, -0.1) is 0 Å². The molecule has 1 aliphatic heterocycles. The Morgan fingerprint density at radius 2 is 1.53 bits per heavy atom. The average Bonchev–Trinajstić information content (AvgIpc) is 3.62. The molecule has 2 aromatic heterocycles. The molecule has 3 atom stereocenters. The number of thiazole rings is 1. The minimum Gasteiger partial charge on any atom is -0.497 e. The van der Waals surface area contributed by atoms with Crippen molar-refractivity contribution in [3.8, 4) is 5.75 Å². The van der Waals surface area contributed by atoms with Gasteiger partial charge in [0.1, 0.15) is 17.5 Å². The van der Waals surface area contributed by atoms with Crippen LogP contribution < -0.4 is 14.9 Å². The number of aryl methyl sites for hydroxylation is 1. The molecule has 0 radical (unpaired) electrons. The monoisotopic (exact) mass is 624 g/mol. The molecule has 0 bridgehead atoms. The standard InChI is InChI=1S/C36H40N4O4S/c1-22(2)29-21-28(35(4,5)42)32(44-29)40-31-30(45-34(40)41)23(3)37-33(38-31)39-36(24-13-9-7-10-14-24,25-15-11-8-12-16-25)26-17-19-27(43-6)20-18-26/h7-20,22,28-29,32,42H,21H2,1-6H3,(H,37,38,39)/t28?,29-,32?/m0/s1. The number of hydrogen-bond acceptors (Lipinski definition) is 8. The number of hydrogen-bond donors (Lipinski definition) is 2. The van der Waals surface area contributed by atoms with E-state index in [1.54, 1.807) is 25.5 Å². The minimum absolute atomic E-state index is 0.0901. The highest BCUT2D eigenvalue weighted by Gasteiger charge is 2.46. The molecule has 234 valence electrons. The highest BCUT2D eigenvalue weighted by molar-refractivity contribution is 7.16. The van der Waals surface area contributed by atoms with E-state index in [0.717, 1.165) is 33.8 Å². The second-order valence-electron chi connectivity index (χ2n) is 12.7. The van der Waals surface area contributed by atoms with Crippen LogP contribution >= 0.6 is 11.3 Å². The lowest BCUT2D eigenvalue weighted by atomic mass is 9.77. The van der Waals surface area contributed by atoms with Gasteiger partial charge in [0.2, 0.25) is 5.95 Å². The molecule has 0 saturated carbocycles. The predicted molar refractivity (Wildman–Crippen MR) is 179 cm³/mol. The summed E-state index contributed by atoms with van der Waals surface area (Å²) in [6.45, 7) is 9.67. The SMILES string of the molecule is COc1ccc(C(Nc2nc(C)c3sc(=O)n(C4O[C@H](C(C)C)CC4C(C)(C)O)c3n2)(c2ccccc2)c2ccccc2)cc1. The lowest BCUT2D eigenvalue weighted by Gasteiger charge is -2.37. The molecule has 1 aliphatic rings. The van der Waals surface area contributed by atoms with Gasteiger partial charge in [-0.2, -0.15) is 4.98 Å². The Bertz CT molecular complexity index is 1790. The van der Waals surface area contributed by atoms with Gasteiger partial charge in [-0.25, -0.2) is 4.98 Å². The van der Waals surface area contributed by atoms with Crippen LogP contribution in [0.2, 0.25) is 0 Å². The second kappa shape index (κ2) is 12.0. The molecule has 0 aliphatic carbocycles. The van der Waals surface area contributed by atoms with Crippen LogP contribution in [0.1, 0.15) is 62.7 Å². The van der Waals surface area contributed by atoms with Gasteiger partial charge >= 0.3 is 4.87 Å². The van der Waals surface area contributed by atoms with Crippen molar-refractivity contribution in [1.29, 1.82) is 0 Å². The number of anilines is 1. The van der Waals surface area contributed by atoms with E-state index in [2.05, 4.69) is 43.4 Å². The molecule has 8 nitrogen and oxygen atoms in total. The van der Waals surface area contributed by atoms with E-state index >= 15 is 0 Å². The topological polar surface area (TPSA) is 98.5 Å². The molecule has 3 aromatic carbocycles. The minimum atomic E-state index is -1.06. The fourth-order valence-corrected chi connectivity index (χ4v) is 7.33. The molecule has 0 amide bonds. The number of nitrogens with one attached hydrogen (secondary N) is 1. The third kappa shape index (κ3) is 5.65. The summed E-state index contributed by atoms with van der Waals surface area (Å²) in [5.74, 6) is 1.06. The second-order valence-corrected chi connectivity index (χ2v) is 13.6. The number of benzene rings is 3. The van der Waals surface area contributed by atoms with Crippen molar-refractivity contribution in [2.45, 2.75) is 64.5 Å². The predicted octanol–water partition coefficient (Wildman–Crippen LogP) is 6.90. The van der Waals surface area contributed by atoms with E-state index in [1.807, 2.05) is 67.6 Å². The summed E-state index contributed by atoms with van der Waals surface area (Å²) in [6.07, 6.45) is -0.101. The molecule has 1 saturated heterocycles. The normalized spacial score (nSPS) is 18.9. The largest absolute Gasteiger partial charge is 0.497 e. The third-order valence-corrected chi connectivity index (χ3v) is 9.97. The van der Waals surface area contributed by atoms with E-state index in [0.29, 0.717) is 28.4 Å². The Kier molecular flexibility index (Phi) is 8.28. The zero-order chi connectivity index (χ0) is 31.9. The zero-order valence-electron chi connectivity index (χ0n) is 26.5. The van der Waals surface area contributed by atoms with Gasteiger partial charge in [0.25, 0.3) is 0 Å². The summed E-state index contributed by atoms with van der Waals surface area (Å²) in [5.41, 5.74) is 2.18. The van der Waals surface area contributed by atoms with E-state index in [9.17, 15) is 9.90 Å². The molecule has 5 aromatic rings. The Labute approximate surface area is 267 Å². The fraction of sp³-hybridized carbons (Fsp3) is 0.361. The van der Waals surface area contributed by atoms with Crippen molar-refractivity contribution in [1.82, 2.24) is 14.5 Å². The maximum Gasteiger partial charge on any atom is 0.311 e.